The molecule has 2 aromatic carbocycles. The van der Waals surface area contributed by atoms with Gasteiger partial charge in [0.15, 0.2) is 0 Å². The largest absolute Gasteiger partial charge is 0.492 e. The zero-order valence-corrected chi connectivity index (χ0v) is 18.2. The topological polar surface area (TPSA) is 66.9 Å². The molecule has 7 heteroatoms. The first-order valence-electron chi connectivity index (χ1n) is 9.89. The fraction of sp³-hybridized carbons (Fsp3) is 0.409. The van der Waals surface area contributed by atoms with E-state index >= 15 is 0 Å². The van der Waals surface area contributed by atoms with Gasteiger partial charge in [-0.15, -0.1) is 0 Å². The van der Waals surface area contributed by atoms with Crippen LogP contribution in [0.3, 0.4) is 0 Å². The highest BCUT2D eigenvalue weighted by atomic mass is 32.2. The summed E-state index contributed by atoms with van der Waals surface area (Å²) in [6.07, 6.45) is 0.929. The molecule has 6 nitrogen and oxygen atoms in total. The van der Waals surface area contributed by atoms with Gasteiger partial charge in [0.2, 0.25) is 15.9 Å². The summed E-state index contributed by atoms with van der Waals surface area (Å²) in [7, 11) is -1.69. The monoisotopic (exact) mass is 418 g/mol. The number of sulfonamides is 1. The molecule has 29 heavy (non-hydrogen) atoms. The number of benzene rings is 2. The molecule has 0 fully saturated rings. The Bertz CT molecular complexity index is 863. The molecule has 0 radical (unpaired) electrons. The second-order valence-electron chi connectivity index (χ2n) is 6.71. The Morgan fingerprint density at radius 1 is 0.966 bits per heavy atom. The Morgan fingerprint density at radius 3 is 2.17 bits per heavy atom. The highest BCUT2D eigenvalue weighted by Crippen LogP contribution is 2.17. The van der Waals surface area contributed by atoms with Crippen LogP contribution < -0.4 is 4.74 Å². The van der Waals surface area contributed by atoms with E-state index < -0.39 is 10.0 Å². The third-order valence-electron chi connectivity index (χ3n) is 4.76. The molecule has 0 unspecified atom stereocenters. The molecule has 0 saturated carbocycles. The lowest BCUT2D eigenvalue weighted by atomic mass is 10.1. The Hall–Kier alpha value is -2.38. The van der Waals surface area contributed by atoms with Crippen LogP contribution in [0.25, 0.3) is 0 Å². The maximum atomic E-state index is 12.5. The van der Waals surface area contributed by atoms with Gasteiger partial charge < -0.3 is 9.64 Å². The fourth-order valence-electron chi connectivity index (χ4n) is 2.92. The number of rotatable bonds is 11. The Morgan fingerprint density at radius 2 is 1.59 bits per heavy atom. The summed E-state index contributed by atoms with van der Waals surface area (Å²) < 4.78 is 32.1. The third-order valence-corrected chi connectivity index (χ3v) is 6.82. The third kappa shape index (κ3) is 6.58. The van der Waals surface area contributed by atoms with Gasteiger partial charge in [-0.1, -0.05) is 44.2 Å². The summed E-state index contributed by atoms with van der Waals surface area (Å²) in [4.78, 5) is 14.3. The van der Waals surface area contributed by atoms with Crippen LogP contribution in [-0.2, 0) is 21.2 Å². The first-order valence-corrected chi connectivity index (χ1v) is 11.3. The second-order valence-corrected chi connectivity index (χ2v) is 8.65. The summed E-state index contributed by atoms with van der Waals surface area (Å²) in [6.45, 7) is 5.47. The molecular weight excluding hydrogens is 388 g/mol. The summed E-state index contributed by atoms with van der Waals surface area (Å²) in [5.41, 5.74) is 0.936. The molecule has 0 heterocycles. The number of ether oxygens (including phenoxy) is 1. The molecule has 1 amide bonds. The van der Waals surface area contributed by atoms with E-state index in [-0.39, 0.29) is 10.8 Å². The summed E-state index contributed by atoms with van der Waals surface area (Å²) in [5, 5.41) is 0. The number of amides is 1. The lowest BCUT2D eigenvalue weighted by molar-refractivity contribution is -0.130. The number of aryl methyl sites for hydroxylation is 1. The molecule has 0 aliphatic rings. The maximum absolute atomic E-state index is 12.5. The minimum Gasteiger partial charge on any atom is -0.492 e. The molecule has 0 atom stereocenters. The number of para-hydroxylation sites is 1. The normalized spacial score (nSPS) is 11.4. The fourth-order valence-corrected chi connectivity index (χ4v) is 4.38. The molecule has 158 valence electrons. The molecule has 0 aliphatic carbocycles. The number of hydrogen-bond acceptors (Lipinski definition) is 4. The zero-order valence-electron chi connectivity index (χ0n) is 17.4. The Kier molecular flexibility index (Phi) is 8.67. The maximum Gasteiger partial charge on any atom is 0.243 e. The smallest absolute Gasteiger partial charge is 0.243 e. The zero-order chi connectivity index (χ0) is 21.3. The van der Waals surface area contributed by atoms with Gasteiger partial charge in [-0.05, 0) is 36.2 Å². The Balaban J connectivity index is 1.82. The lowest BCUT2D eigenvalue weighted by Crippen LogP contribution is -2.31. The molecule has 0 saturated heterocycles. The van der Waals surface area contributed by atoms with Crippen LogP contribution in [0, 0.1) is 0 Å². The quantitative estimate of drug-likeness (QED) is 0.562. The number of hydrogen-bond donors (Lipinski definition) is 0. The van der Waals surface area contributed by atoms with Gasteiger partial charge >= 0.3 is 0 Å². The highest BCUT2D eigenvalue weighted by molar-refractivity contribution is 7.89. The van der Waals surface area contributed by atoms with E-state index in [9.17, 15) is 13.2 Å². The van der Waals surface area contributed by atoms with E-state index in [1.54, 1.807) is 36.2 Å². The van der Waals surface area contributed by atoms with E-state index in [0.29, 0.717) is 39.1 Å². The van der Waals surface area contributed by atoms with E-state index in [0.717, 1.165) is 11.3 Å². The molecule has 0 aliphatic heterocycles. The number of nitrogens with zero attached hydrogens (tertiary/aromatic N) is 2. The van der Waals surface area contributed by atoms with Crippen molar-refractivity contribution in [3.05, 3.63) is 60.2 Å². The van der Waals surface area contributed by atoms with Crippen molar-refractivity contribution in [2.45, 2.75) is 31.6 Å². The molecule has 0 aromatic heterocycles. The van der Waals surface area contributed by atoms with Crippen molar-refractivity contribution in [3.63, 3.8) is 0 Å². The van der Waals surface area contributed by atoms with Crippen LogP contribution in [0.1, 0.15) is 25.8 Å². The van der Waals surface area contributed by atoms with Crippen molar-refractivity contribution in [1.82, 2.24) is 9.21 Å². The van der Waals surface area contributed by atoms with E-state index in [1.807, 2.05) is 44.2 Å². The number of carbonyl (C=O) groups is 1. The molecule has 2 aromatic rings. The summed E-state index contributed by atoms with van der Waals surface area (Å²) >= 11 is 0. The van der Waals surface area contributed by atoms with Crippen LogP contribution in [0.15, 0.2) is 59.5 Å². The van der Waals surface area contributed by atoms with Gasteiger partial charge in [-0.25, -0.2) is 8.42 Å². The van der Waals surface area contributed by atoms with Crippen molar-refractivity contribution in [1.29, 1.82) is 0 Å². The van der Waals surface area contributed by atoms with Gasteiger partial charge in [0.1, 0.15) is 12.4 Å². The lowest BCUT2D eigenvalue weighted by Gasteiger charge is -2.19. The molecule has 0 bridgehead atoms. The summed E-state index contributed by atoms with van der Waals surface area (Å²) in [6, 6.07) is 16.3. The van der Waals surface area contributed by atoms with Crippen molar-refractivity contribution >= 4 is 15.9 Å². The predicted octanol–water partition coefficient (Wildman–Crippen LogP) is 3.19. The molecule has 0 spiro atoms. The van der Waals surface area contributed by atoms with Gasteiger partial charge in [-0.2, -0.15) is 4.31 Å². The molecular formula is C22H30N2O4S. The SMILES string of the molecule is CCN(CC)S(=O)(=O)c1ccc(CCC(=O)N(C)CCOc2ccccc2)cc1. The standard InChI is InChI=1S/C22H30N2O4S/c1-4-24(5-2)29(26,27)21-14-11-19(12-15-21)13-16-22(25)23(3)17-18-28-20-9-7-6-8-10-20/h6-12,14-15H,4-5,13,16-18H2,1-3H3. The first-order chi connectivity index (χ1) is 13.9. The van der Waals surface area contributed by atoms with Crippen LogP contribution in [0.4, 0.5) is 0 Å². The van der Waals surface area contributed by atoms with Crippen molar-refractivity contribution in [2.75, 3.05) is 33.3 Å². The van der Waals surface area contributed by atoms with Crippen molar-refractivity contribution in [3.8, 4) is 5.75 Å². The molecule has 0 N–H and O–H groups in total. The Labute approximate surface area is 174 Å². The predicted molar refractivity (Wildman–Crippen MR) is 114 cm³/mol. The van der Waals surface area contributed by atoms with Crippen LogP contribution in [0.2, 0.25) is 0 Å². The highest BCUT2D eigenvalue weighted by Gasteiger charge is 2.21. The van der Waals surface area contributed by atoms with Gasteiger partial charge in [-0.3, -0.25) is 4.79 Å². The minimum atomic E-state index is -3.45. The van der Waals surface area contributed by atoms with E-state index in [1.165, 1.54) is 4.31 Å². The van der Waals surface area contributed by atoms with Crippen LogP contribution in [0.5, 0.6) is 5.75 Å². The first kappa shape index (κ1) is 22.9. The van der Waals surface area contributed by atoms with Crippen LogP contribution in [-0.4, -0.2) is 56.8 Å². The average molecular weight is 419 g/mol. The minimum absolute atomic E-state index is 0.0292. The summed E-state index contributed by atoms with van der Waals surface area (Å²) in [5.74, 6) is 0.814. The number of carbonyl (C=O) groups excluding carboxylic acids is 1. The number of likely N-dealkylation sites (N-methyl/N-ethyl adjacent to an activating group) is 1. The second kappa shape index (κ2) is 11.0. The van der Waals surface area contributed by atoms with E-state index in [2.05, 4.69) is 0 Å². The molecule has 2 rings (SSSR count). The van der Waals surface area contributed by atoms with E-state index in [4.69, 9.17) is 4.74 Å². The van der Waals surface area contributed by atoms with Gasteiger partial charge in [0.25, 0.3) is 0 Å². The van der Waals surface area contributed by atoms with Crippen molar-refractivity contribution in [2.24, 2.45) is 0 Å². The average Bonchev–Trinajstić information content (AvgIpc) is 2.73. The van der Waals surface area contributed by atoms with Crippen LogP contribution >= 0.6 is 0 Å². The van der Waals surface area contributed by atoms with Gasteiger partial charge in [0, 0.05) is 26.6 Å². The van der Waals surface area contributed by atoms with Crippen molar-refractivity contribution < 1.29 is 17.9 Å². The van der Waals surface area contributed by atoms with Gasteiger partial charge in [0.05, 0.1) is 11.4 Å².